The van der Waals surface area contributed by atoms with E-state index in [-0.39, 0.29) is 38.9 Å². The minimum atomic E-state index is -0.435. The first kappa shape index (κ1) is 20.5. The maximum atomic E-state index is 14.0. The fourth-order valence-electron chi connectivity index (χ4n) is 2.71. The molecule has 9 heteroatoms. The third kappa shape index (κ3) is 4.36. The van der Waals surface area contributed by atoms with Crippen LogP contribution in [0, 0.1) is 5.82 Å². The topological polar surface area (TPSA) is 64.4 Å². The molecule has 1 heterocycles. The van der Waals surface area contributed by atoms with E-state index in [9.17, 15) is 9.18 Å². The molecule has 1 aromatic heterocycles. The summed E-state index contributed by atoms with van der Waals surface area (Å²) in [6, 6.07) is 14.0. The summed E-state index contributed by atoms with van der Waals surface area (Å²) in [6.07, 6.45) is 0. The van der Waals surface area contributed by atoms with E-state index < -0.39 is 11.7 Å². The lowest BCUT2D eigenvalue weighted by atomic mass is 10.2. The number of carbonyl (C=O) groups excluding carboxylic acids is 1. The van der Waals surface area contributed by atoms with Gasteiger partial charge in [0.05, 0.1) is 20.6 Å². The Balaban J connectivity index is 1.47. The second kappa shape index (κ2) is 8.52. The van der Waals surface area contributed by atoms with Crippen molar-refractivity contribution in [2.45, 2.75) is 0 Å². The molecule has 0 aliphatic carbocycles. The predicted molar refractivity (Wildman–Crippen MR) is 115 cm³/mol. The minimum Gasteiger partial charge on any atom is -0.482 e. The lowest BCUT2D eigenvalue weighted by molar-refractivity contribution is -0.118. The molecule has 3 aromatic carbocycles. The molecule has 0 aliphatic heterocycles. The Labute approximate surface area is 185 Å². The van der Waals surface area contributed by atoms with Gasteiger partial charge in [0.2, 0.25) is 5.89 Å². The molecule has 0 aliphatic rings. The van der Waals surface area contributed by atoms with Gasteiger partial charge in [0.1, 0.15) is 17.1 Å². The number of anilines is 1. The number of nitrogens with zero attached hydrogens (tertiary/aromatic N) is 1. The van der Waals surface area contributed by atoms with Crippen LogP contribution in [0.1, 0.15) is 0 Å². The zero-order chi connectivity index (χ0) is 21.3. The maximum absolute atomic E-state index is 14.0. The van der Waals surface area contributed by atoms with Crippen LogP contribution >= 0.6 is 34.8 Å². The van der Waals surface area contributed by atoms with Crippen molar-refractivity contribution in [1.29, 1.82) is 0 Å². The molecule has 0 saturated carbocycles. The van der Waals surface area contributed by atoms with E-state index in [4.69, 9.17) is 44.0 Å². The van der Waals surface area contributed by atoms with Gasteiger partial charge in [-0.2, -0.15) is 0 Å². The van der Waals surface area contributed by atoms with Crippen molar-refractivity contribution >= 4 is 57.5 Å². The van der Waals surface area contributed by atoms with Crippen molar-refractivity contribution in [3.63, 3.8) is 0 Å². The van der Waals surface area contributed by atoms with Crippen molar-refractivity contribution in [3.05, 3.63) is 75.5 Å². The Hall–Kier alpha value is -2.80. The van der Waals surface area contributed by atoms with E-state index in [0.717, 1.165) is 0 Å². The van der Waals surface area contributed by atoms with Crippen molar-refractivity contribution < 1.29 is 18.3 Å². The van der Waals surface area contributed by atoms with Crippen LogP contribution in [0.25, 0.3) is 22.6 Å². The molecule has 0 spiro atoms. The number of ether oxygens (including phenoxy) is 1. The number of carbonyl (C=O) groups is 1. The van der Waals surface area contributed by atoms with Gasteiger partial charge in [0.25, 0.3) is 5.91 Å². The second-order valence-corrected chi connectivity index (χ2v) is 7.44. The highest BCUT2D eigenvalue weighted by molar-refractivity contribution is 6.43. The Morgan fingerprint density at radius 1 is 1.03 bits per heavy atom. The van der Waals surface area contributed by atoms with Crippen LogP contribution in [-0.4, -0.2) is 17.5 Å². The van der Waals surface area contributed by atoms with Crippen LogP contribution in [0.15, 0.2) is 59.0 Å². The van der Waals surface area contributed by atoms with Crippen LogP contribution < -0.4 is 10.1 Å². The average molecular weight is 466 g/mol. The van der Waals surface area contributed by atoms with Gasteiger partial charge >= 0.3 is 0 Å². The molecule has 152 valence electrons. The van der Waals surface area contributed by atoms with Crippen molar-refractivity contribution in [1.82, 2.24) is 4.98 Å². The third-order valence-corrected chi connectivity index (χ3v) is 5.13. The second-order valence-electron chi connectivity index (χ2n) is 6.21. The number of hydrogen-bond acceptors (Lipinski definition) is 4. The number of nitrogens with one attached hydrogen (secondary N) is 1. The predicted octanol–water partition coefficient (Wildman–Crippen LogP) is 6.61. The highest BCUT2D eigenvalue weighted by Gasteiger charge is 2.14. The maximum Gasteiger partial charge on any atom is 0.262 e. The highest BCUT2D eigenvalue weighted by atomic mass is 35.5. The van der Waals surface area contributed by atoms with Crippen LogP contribution in [0.3, 0.4) is 0 Å². The number of rotatable bonds is 5. The van der Waals surface area contributed by atoms with E-state index >= 15 is 0 Å². The molecule has 30 heavy (non-hydrogen) atoms. The summed E-state index contributed by atoms with van der Waals surface area (Å²) in [7, 11) is 0. The Bertz CT molecular complexity index is 1260. The first-order valence-corrected chi connectivity index (χ1v) is 9.77. The molecule has 0 unspecified atom stereocenters. The monoisotopic (exact) mass is 464 g/mol. The fourth-order valence-corrected chi connectivity index (χ4v) is 3.30. The molecule has 1 amide bonds. The first-order valence-electron chi connectivity index (χ1n) is 8.63. The zero-order valence-corrected chi connectivity index (χ0v) is 17.4. The van der Waals surface area contributed by atoms with Crippen LogP contribution in [-0.2, 0) is 4.79 Å². The number of oxazole rings is 1. The number of amides is 1. The summed E-state index contributed by atoms with van der Waals surface area (Å²) >= 11 is 17.8. The van der Waals surface area contributed by atoms with Gasteiger partial charge in [-0.1, -0.05) is 46.9 Å². The van der Waals surface area contributed by atoms with Gasteiger partial charge in [-0.3, -0.25) is 4.79 Å². The Morgan fingerprint density at radius 3 is 2.60 bits per heavy atom. The summed E-state index contributed by atoms with van der Waals surface area (Å²) in [4.78, 5) is 16.5. The Kier molecular flexibility index (Phi) is 5.81. The van der Waals surface area contributed by atoms with Gasteiger partial charge in [0.15, 0.2) is 12.2 Å². The molecule has 0 atom stereocenters. The third-order valence-electron chi connectivity index (χ3n) is 4.11. The summed E-state index contributed by atoms with van der Waals surface area (Å²) in [6.45, 7) is -0.297. The normalized spacial score (nSPS) is 10.9. The molecule has 0 saturated heterocycles. The summed E-state index contributed by atoms with van der Waals surface area (Å²) in [5.74, 6) is -0.461. The molecule has 0 fully saturated rings. The largest absolute Gasteiger partial charge is 0.482 e. The molecule has 4 rings (SSSR count). The van der Waals surface area contributed by atoms with E-state index in [1.54, 1.807) is 36.4 Å². The molecule has 0 radical (unpaired) electrons. The van der Waals surface area contributed by atoms with Crippen LogP contribution in [0.2, 0.25) is 15.1 Å². The summed E-state index contributed by atoms with van der Waals surface area (Å²) < 4.78 is 25.0. The van der Waals surface area contributed by atoms with Crippen molar-refractivity contribution in [3.8, 4) is 17.2 Å². The van der Waals surface area contributed by atoms with E-state index in [2.05, 4.69) is 10.3 Å². The average Bonchev–Trinajstić information content (AvgIpc) is 3.13. The van der Waals surface area contributed by atoms with Gasteiger partial charge in [-0.15, -0.1) is 0 Å². The Morgan fingerprint density at radius 2 is 1.80 bits per heavy atom. The van der Waals surface area contributed by atoms with Crippen LogP contribution in [0.5, 0.6) is 5.75 Å². The molecule has 0 bridgehead atoms. The highest BCUT2D eigenvalue weighted by Crippen LogP contribution is 2.34. The van der Waals surface area contributed by atoms with E-state index in [1.807, 2.05) is 0 Å². The number of fused-ring (bicyclic) bond motifs is 1. The zero-order valence-electron chi connectivity index (χ0n) is 15.1. The number of hydrogen-bond donors (Lipinski definition) is 1. The molecule has 5 nitrogen and oxygen atoms in total. The van der Waals surface area contributed by atoms with Gasteiger partial charge in [0, 0.05) is 11.8 Å². The lowest BCUT2D eigenvalue weighted by Crippen LogP contribution is -2.20. The summed E-state index contributed by atoms with van der Waals surface area (Å²) in [5.41, 5.74) is 1.67. The SMILES string of the molecule is O=C(COc1cc(Cl)c(Cl)cc1Cl)Nc1ccc2oc(-c3ccccc3F)nc2c1. The molecular weight excluding hydrogens is 454 g/mol. The summed E-state index contributed by atoms with van der Waals surface area (Å²) in [5, 5.41) is 3.48. The van der Waals surface area contributed by atoms with Crippen molar-refractivity contribution in [2.75, 3.05) is 11.9 Å². The van der Waals surface area contributed by atoms with E-state index in [1.165, 1.54) is 18.2 Å². The standard InChI is InChI=1S/C21H12Cl3FN2O3/c22-13-8-15(24)19(9-14(13)23)29-10-20(28)26-11-5-6-18-17(7-11)27-21(30-18)12-3-1-2-4-16(12)25/h1-9H,10H2,(H,26,28). The van der Waals surface area contributed by atoms with Gasteiger partial charge in [-0.25, -0.2) is 9.37 Å². The van der Waals surface area contributed by atoms with Gasteiger partial charge in [-0.05, 0) is 36.4 Å². The molecule has 1 N–H and O–H groups in total. The van der Waals surface area contributed by atoms with Crippen LogP contribution in [0.4, 0.5) is 10.1 Å². The van der Waals surface area contributed by atoms with Crippen molar-refractivity contribution in [2.24, 2.45) is 0 Å². The fraction of sp³-hybridized carbons (Fsp3) is 0.0476. The first-order chi connectivity index (χ1) is 14.4. The number of aromatic nitrogens is 1. The molecular formula is C21H12Cl3FN2O3. The molecule has 4 aromatic rings. The number of halogens is 4. The smallest absolute Gasteiger partial charge is 0.262 e. The lowest BCUT2D eigenvalue weighted by Gasteiger charge is -2.09. The van der Waals surface area contributed by atoms with Gasteiger partial charge < -0.3 is 14.5 Å². The minimum absolute atomic E-state index is 0.157. The quantitative estimate of drug-likeness (QED) is 0.337. The number of benzene rings is 3. The van der Waals surface area contributed by atoms with E-state index in [0.29, 0.717) is 16.8 Å².